The molecule has 1 N–H and O–H groups in total. The van der Waals surface area contributed by atoms with Crippen LogP contribution >= 0.6 is 0 Å². The standard InChI is InChI=1S/C22H34N2O3.C2H6/c1-6-8-10-13-18(7-2)17(3)27-22(26)21(19-14-11-9-12-15-19)24(5)16-20(25)23-4;1-2/h8,10-11,13-15,17,21H,6-7,9,12,16H2,1-5H3,(H,23,25);1-2H3/b10-8-,18-13+;. The average molecular weight is 405 g/mol. The number of nitrogens with zero attached hydrogens (tertiary/aromatic N) is 1. The minimum absolute atomic E-state index is 0.130. The number of likely N-dealkylation sites (N-methyl/N-ethyl adjacent to an activating group) is 2. The van der Waals surface area contributed by atoms with Gasteiger partial charge in [-0.05, 0) is 50.8 Å². The molecule has 1 rings (SSSR count). The summed E-state index contributed by atoms with van der Waals surface area (Å²) in [6.07, 6.45) is 15.5. The lowest BCUT2D eigenvalue weighted by atomic mass is 9.99. The molecule has 0 aromatic rings. The minimum atomic E-state index is -0.592. The normalized spacial score (nSPS) is 16.0. The van der Waals surface area contributed by atoms with Gasteiger partial charge < -0.3 is 10.1 Å². The molecular formula is C24H40N2O3. The van der Waals surface area contributed by atoms with Crippen molar-refractivity contribution in [2.75, 3.05) is 20.6 Å². The second-order valence-electron chi connectivity index (χ2n) is 6.69. The van der Waals surface area contributed by atoms with Crippen molar-refractivity contribution in [3.63, 3.8) is 0 Å². The smallest absolute Gasteiger partial charge is 0.328 e. The first-order chi connectivity index (χ1) is 13.9. The molecule has 1 amide bonds. The van der Waals surface area contributed by atoms with Crippen LogP contribution in [0.5, 0.6) is 0 Å². The van der Waals surface area contributed by atoms with Gasteiger partial charge in [0.15, 0.2) is 0 Å². The van der Waals surface area contributed by atoms with E-state index >= 15 is 0 Å². The first kappa shape index (κ1) is 26.9. The van der Waals surface area contributed by atoms with Crippen molar-refractivity contribution in [2.24, 2.45) is 0 Å². The Morgan fingerprint density at radius 3 is 2.48 bits per heavy atom. The molecule has 164 valence electrons. The Kier molecular flexibility index (Phi) is 14.6. The van der Waals surface area contributed by atoms with Crippen molar-refractivity contribution >= 4 is 11.9 Å². The summed E-state index contributed by atoms with van der Waals surface area (Å²) in [6.45, 7) is 10.2. The lowest BCUT2D eigenvalue weighted by molar-refractivity contribution is -0.151. The van der Waals surface area contributed by atoms with Gasteiger partial charge in [0.1, 0.15) is 12.1 Å². The van der Waals surface area contributed by atoms with Crippen LogP contribution in [0.15, 0.2) is 47.6 Å². The first-order valence-corrected chi connectivity index (χ1v) is 10.8. The molecule has 5 nitrogen and oxygen atoms in total. The van der Waals surface area contributed by atoms with Crippen LogP contribution < -0.4 is 5.32 Å². The van der Waals surface area contributed by atoms with E-state index in [1.807, 2.05) is 39.0 Å². The Morgan fingerprint density at radius 1 is 1.28 bits per heavy atom. The number of hydrogen-bond acceptors (Lipinski definition) is 4. The molecule has 1 aliphatic rings. The third kappa shape index (κ3) is 9.75. The van der Waals surface area contributed by atoms with Crippen molar-refractivity contribution in [2.45, 2.75) is 72.4 Å². The van der Waals surface area contributed by atoms with Gasteiger partial charge in [-0.3, -0.25) is 9.69 Å². The molecule has 29 heavy (non-hydrogen) atoms. The number of amides is 1. The third-order valence-corrected chi connectivity index (χ3v) is 4.58. The highest BCUT2D eigenvalue weighted by molar-refractivity contribution is 5.83. The zero-order chi connectivity index (χ0) is 22.2. The number of esters is 1. The largest absolute Gasteiger partial charge is 0.457 e. The van der Waals surface area contributed by atoms with Crippen LogP contribution in [-0.2, 0) is 14.3 Å². The zero-order valence-electron chi connectivity index (χ0n) is 19.3. The molecule has 0 aromatic heterocycles. The number of carbonyl (C=O) groups is 2. The quantitative estimate of drug-likeness (QED) is 0.428. The van der Waals surface area contributed by atoms with Gasteiger partial charge in [-0.2, -0.15) is 0 Å². The van der Waals surface area contributed by atoms with Crippen LogP contribution in [0.4, 0.5) is 0 Å². The van der Waals surface area contributed by atoms with Crippen LogP contribution in [0.25, 0.3) is 0 Å². The molecular weight excluding hydrogens is 364 g/mol. The fourth-order valence-electron chi connectivity index (χ4n) is 2.99. The van der Waals surface area contributed by atoms with Crippen LogP contribution in [0.3, 0.4) is 0 Å². The Labute approximate surface area is 177 Å². The van der Waals surface area contributed by atoms with Crippen LogP contribution in [0.1, 0.15) is 60.3 Å². The lowest BCUT2D eigenvalue weighted by Crippen LogP contribution is -2.46. The Bertz CT molecular complexity index is 618. The topological polar surface area (TPSA) is 58.6 Å². The molecule has 0 heterocycles. The predicted molar refractivity (Wildman–Crippen MR) is 122 cm³/mol. The minimum Gasteiger partial charge on any atom is -0.457 e. The van der Waals surface area contributed by atoms with Crippen molar-refractivity contribution in [1.29, 1.82) is 0 Å². The summed E-state index contributed by atoms with van der Waals surface area (Å²) in [5.74, 6) is -0.465. The SMILES string of the molecule is CC.CC/C=C\C=C(/CC)C(C)OC(=O)C(C1=CCCC=C1)N(C)CC(=O)NC. The maximum atomic E-state index is 13.0. The van der Waals surface area contributed by atoms with Crippen LogP contribution in [0, 0.1) is 0 Å². The van der Waals surface area contributed by atoms with Gasteiger partial charge in [0.25, 0.3) is 0 Å². The third-order valence-electron chi connectivity index (χ3n) is 4.58. The predicted octanol–water partition coefficient (Wildman–Crippen LogP) is 4.57. The number of carbonyl (C=O) groups excluding carboxylic acids is 2. The van der Waals surface area contributed by atoms with E-state index in [-0.39, 0.29) is 24.5 Å². The highest BCUT2D eigenvalue weighted by Crippen LogP contribution is 2.21. The summed E-state index contributed by atoms with van der Waals surface area (Å²) in [5, 5.41) is 2.60. The van der Waals surface area contributed by atoms with Gasteiger partial charge >= 0.3 is 5.97 Å². The molecule has 2 atom stereocenters. The maximum Gasteiger partial charge on any atom is 0.328 e. The summed E-state index contributed by atoms with van der Waals surface area (Å²) >= 11 is 0. The number of nitrogens with one attached hydrogen (secondary N) is 1. The van der Waals surface area contributed by atoms with Gasteiger partial charge in [0.2, 0.25) is 5.91 Å². The molecule has 0 fully saturated rings. The fourth-order valence-corrected chi connectivity index (χ4v) is 2.99. The molecule has 1 aliphatic carbocycles. The lowest BCUT2D eigenvalue weighted by Gasteiger charge is -2.29. The summed E-state index contributed by atoms with van der Waals surface area (Å²) < 4.78 is 5.80. The Balaban J connectivity index is 0.00000379. The first-order valence-electron chi connectivity index (χ1n) is 10.8. The van der Waals surface area contributed by atoms with Crippen molar-refractivity contribution in [3.8, 4) is 0 Å². The summed E-state index contributed by atoms with van der Waals surface area (Å²) in [6, 6.07) is -0.592. The molecule has 2 unspecified atom stereocenters. The van der Waals surface area contributed by atoms with Crippen LogP contribution in [0.2, 0.25) is 0 Å². The number of allylic oxidation sites excluding steroid dienone is 5. The molecule has 0 aromatic carbocycles. The number of rotatable bonds is 10. The van der Waals surface area contributed by atoms with E-state index in [2.05, 4.69) is 37.4 Å². The number of ether oxygens (including phenoxy) is 1. The van der Waals surface area contributed by atoms with Crippen molar-refractivity contribution in [3.05, 3.63) is 47.6 Å². The van der Waals surface area contributed by atoms with Gasteiger partial charge in [0.05, 0.1) is 6.54 Å². The monoisotopic (exact) mass is 404 g/mol. The van der Waals surface area contributed by atoms with Gasteiger partial charge in [0, 0.05) is 7.05 Å². The maximum absolute atomic E-state index is 13.0. The Hall–Kier alpha value is -2.14. The highest BCUT2D eigenvalue weighted by atomic mass is 16.5. The Morgan fingerprint density at radius 2 is 1.97 bits per heavy atom. The average Bonchev–Trinajstić information content (AvgIpc) is 2.73. The molecule has 5 heteroatoms. The van der Waals surface area contributed by atoms with Gasteiger partial charge in [-0.15, -0.1) is 0 Å². The fraction of sp³-hybridized carbons (Fsp3) is 0.583. The molecule has 0 saturated heterocycles. The van der Waals surface area contributed by atoms with Crippen LogP contribution in [-0.4, -0.2) is 49.6 Å². The molecule has 0 saturated carbocycles. The van der Waals surface area contributed by atoms with E-state index < -0.39 is 6.04 Å². The highest BCUT2D eigenvalue weighted by Gasteiger charge is 2.30. The summed E-state index contributed by atoms with van der Waals surface area (Å²) in [4.78, 5) is 26.5. The second-order valence-corrected chi connectivity index (χ2v) is 6.69. The van der Waals surface area contributed by atoms with E-state index in [0.717, 1.165) is 36.8 Å². The van der Waals surface area contributed by atoms with E-state index in [9.17, 15) is 9.59 Å². The summed E-state index contributed by atoms with van der Waals surface area (Å²) in [7, 11) is 3.36. The molecule has 0 radical (unpaired) electrons. The van der Waals surface area contributed by atoms with Crippen molar-refractivity contribution < 1.29 is 14.3 Å². The second kappa shape index (κ2) is 15.7. The van der Waals surface area contributed by atoms with Gasteiger partial charge in [-0.1, -0.05) is 64.2 Å². The van der Waals surface area contributed by atoms with E-state index in [1.54, 1.807) is 19.0 Å². The number of hydrogen-bond donors (Lipinski definition) is 1. The van der Waals surface area contributed by atoms with E-state index in [4.69, 9.17) is 4.74 Å². The molecule has 0 bridgehead atoms. The molecule has 0 spiro atoms. The van der Waals surface area contributed by atoms with Crippen molar-refractivity contribution in [1.82, 2.24) is 10.2 Å². The summed E-state index contributed by atoms with van der Waals surface area (Å²) in [5.41, 5.74) is 1.95. The van der Waals surface area contributed by atoms with E-state index in [1.165, 1.54) is 0 Å². The zero-order valence-corrected chi connectivity index (χ0v) is 19.3. The van der Waals surface area contributed by atoms with E-state index in [0.29, 0.717) is 0 Å². The van der Waals surface area contributed by atoms with Gasteiger partial charge in [-0.25, -0.2) is 4.79 Å². The molecule has 0 aliphatic heterocycles.